The molecule has 7 heteroatoms. The number of pyridine rings is 1. The molecule has 4 rings (SSSR count). The highest BCUT2D eigenvalue weighted by molar-refractivity contribution is 5.89. The van der Waals surface area contributed by atoms with Gasteiger partial charge in [-0.1, -0.05) is 0 Å². The molecule has 0 aliphatic carbocycles. The molecule has 2 saturated heterocycles. The molecule has 2 aromatic heterocycles. The number of hydrogen-bond donors (Lipinski definition) is 0. The van der Waals surface area contributed by atoms with Crippen LogP contribution in [0, 0.1) is 5.92 Å². The zero-order valence-corrected chi connectivity index (χ0v) is 15.3. The molecule has 7 nitrogen and oxygen atoms in total. The normalized spacial score (nSPS) is 21.0. The summed E-state index contributed by atoms with van der Waals surface area (Å²) in [5.74, 6) is 0.888. The van der Waals surface area contributed by atoms with E-state index in [9.17, 15) is 9.59 Å². The van der Waals surface area contributed by atoms with Gasteiger partial charge in [-0.25, -0.2) is 0 Å². The molecule has 0 saturated carbocycles. The van der Waals surface area contributed by atoms with Crippen LogP contribution < -0.4 is 0 Å². The van der Waals surface area contributed by atoms with Gasteiger partial charge >= 0.3 is 0 Å². The maximum Gasteiger partial charge on any atom is 0.228 e. The van der Waals surface area contributed by atoms with E-state index >= 15 is 0 Å². The fourth-order valence-electron chi connectivity index (χ4n) is 3.81. The van der Waals surface area contributed by atoms with Crippen LogP contribution in [0.1, 0.15) is 17.7 Å². The van der Waals surface area contributed by atoms with Crippen molar-refractivity contribution in [3.05, 3.63) is 54.2 Å². The van der Waals surface area contributed by atoms with E-state index in [1.54, 1.807) is 23.6 Å². The molecule has 2 aliphatic heterocycles. The van der Waals surface area contributed by atoms with Gasteiger partial charge in [0.1, 0.15) is 5.76 Å². The lowest BCUT2D eigenvalue weighted by atomic mass is 10.1. The Morgan fingerprint density at radius 1 is 1.11 bits per heavy atom. The van der Waals surface area contributed by atoms with Crippen molar-refractivity contribution in [2.45, 2.75) is 19.5 Å². The summed E-state index contributed by atoms with van der Waals surface area (Å²) in [6, 6.07) is 7.67. The molecule has 2 aliphatic rings. The number of piperazine rings is 1. The van der Waals surface area contributed by atoms with Crippen LogP contribution in [0.15, 0.2) is 47.3 Å². The lowest BCUT2D eigenvalue weighted by molar-refractivity contribution is -0.137. The quantitative estimate of drug-likeness (QED) is 0.797. The molecule has 0 N–H and O–H groups in total. The first kappa shape index (κ1) is 17.7. The predicted octanol–water partition coefficient (Wildman–Crippen LogP) is 1.37. The van der Waals surface area contributed by atoms with Crippen LogP contribution in [0.3, 0.4) is 0 Å². The summed E-state index contributed by atoms with van der Waals surface area (Å²) in [6.45, 7) is 4.89. The number of rotatable bonds is 5. The van der Waals surface area contributed by atoms with Crippen molar-refractivity contribution in [3.8, 4) is 0 Å². The number of carbonyl (C=O) groups excluding carboxylic acids is 2. The fraction of sp³-hybridized carbons (Fsp3) is 0.450. The maximum atomic E-state index is 12.9. The lowest BCUT2D eigenvalue weighted by Crippen LogP contribution is -2.50. The van der Waals surface area contributed by atoms with Gasteiger partial charge in [0.15, 0.2) is 0 Å². The van der Waals surface area contributed by atoms with Crippen molar-refractivity contribution in [3.63, 3.8) is 0 Å². The second-order valence-corrected chi connectivity index (χ2v) is 7.21. The van der Waals surface area contributed by atoms with E-state index in [1.165, 1.54) is 0 Å². The van der Waals surface area contributed by atoms with Crippen molar-refractivity contribution in [1.29, 1.82) is 0 Å². The third-order valence-electron chi connectivity index (χ3n) is 5.33. The van der Waals surface area contributed by atoms with E-state index in [1.807, 2.05) is 29.2 Å². The van der Waals surface area contributed by atoms with Crippen molar-refractivity contribution in [2.24, 2.45) is 5.92 Å². The smallest absolute Gasteiger partial charge is 0.228 e. The molecular weight excluding hydrogens is 344 g/mol. The first-order valence-corrected chi connectivity index (χ1v) is 9.39. The lowest BCUT2D eigenvalue weighted by Gasteiger charge is -2.35. The minimum Gasteiger partial charge on any atom is -0.468 e. The van der Waals surface area contributed by atoms with Gasteiger partial charge in [0, 0.05) is 58.1 Å². The topological polar surface area (TPSA) is 69.9 Å². The molecule has 4 heterocycles. The minimum atomic E-state index is -0.226. The Morgan fingerprint density at radius 2 is 1.89 bits per heavy atom. The number of amides is 2. The summed E-state index contributed by atoms with van der Waals surface area (Å²) in [5, 5.41) is 0. The number of aromatic nitrogens is 1. The number of furan rings is 1. The summed E-state index contributed by atoms with van der Waals surface area (Å²) in [4.78, 5) is 35.2. The zero-order chi connectivity index (χ0) is 18.6. The predicted molar refractivity (Wildman–Crippen MR) is 98.3 cm³/mol. The van der Waals surface area contributed by atoms with Crippen LogP contribution in [0.25, 0.3) is 0 Å². The van der Waals surface area contributed by atoms with Crippen molar-refractivity contribution in [2.75, 3.05) is 32.7 Å². The van der Waals surface area contributed by atoms with Gasteiger partial charge in [0.25, 0.3) is 0 Å². The molecular formula is C20H24N4O3. The fourth-order valence-corrected chi connectivity index (χ4v) is 3.81. The van der Waals surface area contributed by atoms with Gasteiger partial charge in [-0.15, -0.1) is 0 Å². The standard InChI is InChI=1S/C20H24N4O3/c25-19-12-17(14-24(19)13-16-3-5-21-6-4-16)20(26)23-9-7-22(8-10-23)15-18-2-1-11-27-18/h1-6,11,17H,7-10,12-15H2. The van der Waals surface area contributed by atoms with Crippen LogP contribution in [0.4, 0.5) is 0 Å². The SMILES string of the molecule is O=C1CC(C(=O)N2CCN(Cc3ccco3)CC2)CN1Cc1ccncc1. The molecule has 0 spiro atoms. The number of carbonyl (C=O) groups is 2. The first-order valence-electron chi connectivity index (χ1n) is 9.39. The van der Waals surface area contributed by atoms with Gasteiger partial charge in [-0.3, -0.25) is 19.5 Å². The monoisotopic (exact) mass is 368 g/mol. The molecule has 2 fully saturated rings. The Bertz CT molecular complexity index is 770. The summed E-state index contributed by atoms with van der Waals surface area (Å²) < 4.78 is 5.40. The molecule has 142 valence electrons. The van der Waals surface area contributed by atoms with Crippen LogP contribution in [-0.2, 0) is 22.7 Å². The Kier molecular flexibility index (Phi) is 5.20. The Balaban J connectivity index is 1.28. The van der Waals surface area contributed by atoms with Crippen LogP contribution >= 0.6 is 0 Å². The minimum absolute atomic E-state index is 0.0571. The Labute approximate surface area is 158 Å². The third kappa shape index (κ3) is 4.19. The average Bonchev–Trinajstić information content (AvgIpc) is 3.33. The zero-order valence-electron chi connectivity index (χ0n) is 15.3. The molecule has 0 bridgehead atoms. The molecule has 0 radical (unpaired) electrons. The van der Waals surface area contributed by atoms with E-state index in [4.69, 9.17) is 4.42 Å². The average molecular weight is 368 g/mol. The van der Waals surface area contributed by atoms with Gasteiger partial charge in [-0.05, 0) is 29.8 Å². The van der Waals surface area contributed by atoms with Gasteiger partial charge in [0.2, 0.25) is 11.8 Å². The van der Waals surface area contributed by atoms with Gasteiger partial charge < -0.3 is 14.2 Å². The van der Waals surface area contributed by atoms with E-state index in [2.05, 4.69) is 9.88 Å². The summed E-state index contributed by atoms with van der Waals surface area (Å²) >= 11 is 0. The van der Waals surface area contributed by atoms with Crippen LogP contribution in [0.2, 0.25) is 0 Å². The van der Waals surface area contributed by atoms with Crippen LogP contribution in [-0.4, -0.2) is 64.2 Å². The van der Waals surface area contributed by atoms with E-state index in [0.29, 0.717) is 32.6 Å². The third-order valence-corrected chi connectivity index (χ3v) is 5.33. The first-order chi connectivity index (χ1) is 13.2. The van der Waals surface area contributed by atoms with Gasteiger partial charge in [-0.2, -0.15) is 0 Å². The highest BCUT2D eigenvalue weighted by Crippen LogP contribution is 2.23. The van der Waals surface area contributed by atoms with Gasteiger partial charge in [0.05, 0.1) is 18.7 Å². The van der Waals surface area contributed by atoms with Crippen LogP contribution in [0.5, 0.6) is 0 Å². The highest BCUT2D eigenvalue weighted by atomic mass is 16.3. The molecule has 0 aromatic carbocycles. The summed E-state index contributed by atoms with van der Waals surface area (Å²) in [6.07, 6.45) is 5.45. The molecule has 2 amide bonds. The molecule has 1 unspecified atom stereocenters. The van der Waals surface area contributed by atoms with Crippen molar-refractivity contribution in [1.82, 2.24) is 19.7 Å². The number of likely N-dealkylation sites (tertiary alicyclic amines) is 1. The summed E-state index contributed by atoms with van der Waals surface area (Å²) in [5.41, 5.74) is 1.04. The Hall–Kier alpha value is -2.67. The summed E-state index contributed by atoms with van der Waals surface area (Å²) in [7, 11) is 0. The van der Waals surface area contributed by atoms with Crippen molar-refractivity contribution < 1.29 is 14.0 Å². The molecule has 27 heavy (non-hydrogen) atoms. The maximum absolute atomic E-state index is 12.9. The molecule has 1 atom stereocenters. The highest BCUT2D eigenvalue weighted by Gasteiger charge is 2.37. The number of nitrogens with zero attached hydrogens (tertiary/aromatic N) is 4. The Morgan fingerprint density at radius 3 is 2.59 bits per heavy atom. The number of hydrogen-bond acceptors (Lipinski definition) is 5. The second-order valence-electron chi connectivity index (χ2n) is 7.21. The van der Waals surface area contributed by atoms with Crippen molar-refractivity contribution >= 4 is 11.8 Å². The largest absolute Gasteiger partial charge is 0.468 e. The second kappa shape index (κ2) is 7.92. The van der Waals surface area contributed by atoms with E-state index < -0.39 is 0 Å². The molecule has 2 aromatic rings. The van der Waals surface area contributed by atoms with E-state index in [-0.39, 0.29) is 17.7 Å². The van der Waals surface area contributed by atoms with E-state index in [0.717, 1.165) is 31.0 Å².